The van der Waals surface area contributed by atoms with Gasteiger partial charge in [-0.2, -0.15) is 0 Å². The quantitative estimate of drug-likeness (QED) is 0.851. The minimum atomic E-state index is -1.18. The molecular formula is C8H4BrFN2O2. The highest BCUT2D eigenvalue weighted by atomic mass is 79.9. The summed E-state index contributed by atoms with van der Waals surface area (Å²) in [5, 5.41) is 8.64. The van der Waals surface area contributed by atoms with Crippen LogP contribution in [0.1, 0.15) is 10.5 Å². The van der Waals surface area contributed by atoms with Gasteiger partial charge in [0.1, 0.15) is 0 Å². The van der Waals surface area contributed by atoms with E-state index >= 15 is 0 Å². The summed E-state index contributed by atoms with van der Waals surface area (Å²) in [4.78, 5) is 14.2. The molecule has 1 N–H and O–H groups in total. The van der Waals surface area contributed by atoms with Gasteiger partial charge in [0, 0.05) is 16.9 Å². The van der Waals surface area contributed by atoms with E-state index in [0.717, 1.165) is 0 Å². The van der Waals surface area contributed by atoms with E-state index in [2.05, 4.69) is 20.9 Å². The zero-order valence-corrected chi connectivity index (χ0v) is 8.32. The van der Waals surface area contributed by atoms with E-state index in [-0.39, 0.29) is 11.3 Å². The maximum Gasteiger partial charge on any atom is 0.356 e. The lowest BCUT2D eigenvalue weighted by Gasteiger charge is -1.94. The second-order valence-electron chi connectivity index (χ2n) is 2.67. The number of nitrogens with zero attached hydrogens (tertiary/aromatic N) is 2. The second-order valence-corrected chi connectivity index (χ2v) is 3.58. The van der Waals surface area contributed by atoms with Gasteiger partial charge in [-0.1, -0.05) is 0 Å². The highest BCUT2D eigenvalue weighted by Crippen LogP contribution is 2.16. The third kappa shape index (κ3) is 1.37. The number of carboxylic acid groups (broad SMARTS) is 1. The molecule has 0 aliphatic rings. The number of aromatic nitrogens is 2. The number of rotatable bonds is 1. The first-order valence-electron chi connectivity index (χ1n) is 3.65. The number of carboxylic acids is 1. The lowest BCUT2D eigenvalue weighted by molar-refractivity contribution is 0.0691. The normalized spacial score (nSPS) is 10.7. The van der Waals surface area contributed by atoms with Crippen molar-refractivity contribution in [1.82, 2.24) is 9.38 Å². The Morgan fingerprint density at radius 1 is 1.57 bits per heavy atom. The van der Waals surface area contributed by atoms with E-state index in [1.54, 1.807) is 0 Å². The molecule has 0 atom stereocenters. The van der Waals surface area contributed by atoms with Crippen molar-refractivity contribution in [2.75, 3.05) is 0 Å². The van der Waals surface area contributed by atoms with E-state index in [9.17, 15) is 9.18 Å². The molecule has 2 aromatic rings. The van der Waals surface area contributed by atoms with Crippen molar-refractivity contribution >= 4 is 27.5 Å². The van der Waals surface area contributed by atoms with Crippen molar-refractivity contribution in [3.8, 4) is 0 Å². The molecule has 2 aromatic heterocycles. The molecule has 72 valence electrons. The minimum absolute atomic E-state index is 0.00519. The van der Waals surface area contributed by atoms with Gasteiger partial charge in [-0.25, -0.2) is 14.2 Å². The standard InChI is InChI=1S/C8H4BrFN2O2/c9-4-1-5(10)7-11-6(8(13)14)3-12(7)2-4/h1-3H,(H,13,14). The zero-order chi connectivity index (χ0) is 10.3. The summed E-state index contributed by atoms with van der Waals surface area (Å²) in [6.45, 7) is 0. The number of hydrogen-bond donors (Lipinski definition) is 1. The van der Waals surface area contributed by atoms with Crippen LogP contribution in [0.3, 0.4) is 0 Å². The molecule has 2 heterocycles. The number of carbonyl (C=O) groups is 1. The smallest absolute Gasteiger partial charge is 0.356 e. The van der Waals surface area contributed by atoms with Gasteiger partial charge in [0.15, 0.2) is 17.2 Å². The van der Waals surface area contributed by atoms with Gasteiger partial charge >= 0.3 is 5.97 Å². The molecule has 0 unspecified atom stereocenters. The summed E-state index contributed by atoms with van der Waals surface area (Å²) in [5.74, 6) is -1.74. The first-order chi connectivity index (χ1) is 6.58. The highest BCUT2D eigenvalue weighted by molar-refractivity contribution is 9.10. The summed E-state index contributed by atoms with van der Waals surface area (Å²) in [6, 6.07) is 1.23. The third-order valence-corrected chi connectivity index (χ3v) is 2.13. The van der Waals surface area contributed by atoms with Crippen LogP contribution in [-0.4, -0.2) is 20.5 Å². The number of halogens is 2. The number of pyridine rings is 1. The van der Waals surface area contributed by atoms with Gasteiger partial charge in [0.2, 0.25) is 0 Å². The van der Waals surface area contributed by atoms with E-state index in [1.807, 2.05) is 0 Å². The Morgan fingerprint density at radius 2 is 2.29 bits per heavy atom. The van der Waals surface area contributed by atoms with Crippen LogP contribution in [0.5, 0.6) is 0 Å². The van der Waals surface area contributed by atoms with E-state index in [0.29, 0.717) is 4.47 Å². The molecule has 0 fully saturated rings. The number of hydrogen-bond acceptors (Lipinski definition) is 2. The van der Waals surface area contributed by atoms with Crippen molar-refractivity contribution in [3.63, 3.8) is 0 Å². The molecule has 0 aliphatic carbocycles. The molecule has 4 nitrogen and oxygen atoms in total. The van der Waals surface area contributed by atoms with Gasteiger partial charge in [-0.15, -0.1) is 0 Å². The predicted octanol–water partition coefficient (Wildman–Crippen LogP) is 1.93. The van der Waals surface area contributed by atoms with Gasteiger partial charge in [-0.05, 0) is 22.0 Å². The largest absolute Gasteiger partial charge is 0.476 e. The van der Waals surface area contributed by atoms with Crippen LogP contribution < -0.4 is 0 Å². The van der Waals surface area contributed by atoms with Crippen LogP contribution in [0.25, 0.3) is 5.65 Å². The summed E-state index contributed by atoms with van der Waals surface area (Å²) in [5.41, 5.74) is -0.174. The Balaban J connectivity index is 2.76. The number of aromatic carboxylic acids is 1. The lowest BCUT2D eigenvalue weighted by Crippen LogP contribution is -1.95. The molecule has 0 aromatic carbocycles. The SMILES string of the molecule is O=C(O)c1cn2cc(Br)cc(F)c2n1. The maximum atomic E-state index is 13.2. The monoisotopic (exact) mass is 258 g/mol. The Bertz CT molecular complexity index is 523. The average Bonchev–Trinajstić information content (AvgIpc) is 2.47. The highest BCUT2D eigenvalue weighted by Gasteiger charge is 2.11. The molecular weight excluding hydrogens is 255 g/mol. The summed E-state index contributed by atoms with van der Waals surface area (Å²) in [7, 11) is 0. The van der Waals surface area contributed by atoms with E-state index in [4.69, 9.17) is 5.11 Å². The third-order valence-electron chi connectivity index (χ3n) is 1.69. The molecule has 0 bridgehead atoms. The van der Waals surface area contributed by atoms with Crippen LogP contribution in [0, 0.1) is 5.82 Å². The Hall–Kier alpha value is -1.43. The lowest BCUT2D eigenvalue weighted by atomic mass is 10.4. The van der Waals surface area contributed by atoms with Crippen molar-refractivity contribution in [3.05, 3.63) is 34.4 Å². The molecule has 0 saturated carbocycles. The van der Waals surface area contributed by atoms with Gasteiger partial charge in [0.25, 0.3) is 0 Å². The van der Waals surface area contributed by atoms with Crippen molar-refractivity contribution in [2.24, 2.45) is 0 Å². The van der Waals surface area contributed by atoms with Gasteiger partial charge < -0.3 is 9.51 Å². The van der Waals surface area contributed by atoms with Gasteiger partial charge in [-0.3, -0.25) is 0 Å². The fourth-order valence-corrected chi connectivity index (χ4v) is 1.55. The average molecular weight is 259 g/mol. The molecule has 2 rings (SSSR count). The van der Waals surface area contributed by atoms with Crippen LogP contribution in [0.4, 0.5) is 4.39 Å². The fourth-order valence-electron chi connectivity index (χ4n) is 1.13. The fraction of sp³-hybridized carbons (Fsp3) is 0. The van der Waals surface area contributed by atoms with Crippen molar-refractivity contribution < 1.29 is 14.3 Å². The van der Waals surface area contributed by atoms with Crippen LogP contribution in [-0.2, 0) is 0 Å². The first kappa shape index (κ1) is 9.14. The van der Waals surface area contributed by atoms with Gasteiger partial charge in [0.05, 0.1) is 0 Å². The van der Waals surface area contributed by atoms with E-state index in [1.165, 1.54) is 22.9 Å². The molecule has 14 heavy (non-hydrogen) atoms. The Kier molecular flexibility index (Phi) is 1.99. The molecule has 6 heteroatoms. The second kappa shape index (κ2) is 3.06. The van der Waals surface area contributed by atoms with Crippen LogP contribution in [0.15, 0.2) is 22.9 Å². The molecule has 0 radical (unpaired) electrons. The molecule has 0 amide bonds. The zero-order valence-electron chi connectivity index (χ0n) is 6.74. The van der Waals surface area contributed by atoms with Crippen LogP contribution in [0.2, 0.25) is 0 Å². The van der Waals surface area contributed by atoms with Crippen LogP contribution >= 0.6 is 15.9 Å². The Morgan fingerprint density at radius 3 is 2.93 bits per heavy atom. The predicted molar refractivity (Wildman–Crippen MR) is 49.8 cm³/mol. The first-order valence-corrected chi connectivity index (χ1v) is 4.44. The van der Waals surface area contributed by atoms with E-state index < -0.39 is 11.8 Å². The molecule has 0 saturated heterocycles. The number of imidazole rings is 1. The minimum Gasteiger partial charge on any atom is -0.476 e. The number of fused-ring (bicyclic) bond motifs is 1. The summed E-state index contributed by atoms with van der Waals surface area (Å²) in [6.07, 6.45) is 2.80. The topological polar surface area (TPSA) is 54.6 Å². The summed E-state index contributed by atoms with van der Waals surface area (Å²) >= 11 is 3.09. The maximum absolute atomic E-state index is 13.2. The summed E-state index contributed by atoms with van der Waals surface area (Å²) < 4.78 is 15.1. The Labute approximate surface area is 86.1 Å². The van der Waals surface area contributed by atoms with Crippen molar-refractivity contribution in [1.29, 1.82) is 0 Å². The van der Waals surface area contributed by atoms with Crippen molar-refractivity contribution in [2.45, 2.75) is 0 Å². The molecule has 0 aliphatic heterocycles. The molecule has 0 spiro atoms.